The van der Waals surface area contributed by atoms with E-state index >= 15 is 0 Å². The van der Waals surface area contributed by atoms with E-state index in [4.69, 9.17) is 0 Å². The zero-order valence-corrected chi connectivity index (χ0v) is 7.08. The number of rotatable bonds is 0. The van der Waals surface area contributed by atoms with Crippen molar-refractivity contribution in [1.29, 1.82) is 0 Å². The van der Waals surface area contributed by atoms with Crippen LogP contribution in [0.4, 0.5) is 13.2 Å². The number of nitrogens with zero attached hydrogens (tertiary/aromatic N) is 2. The molecule has 0 saturated carbocycles. The largest absolute Gasteiger partial charge is 0.433 e. The summed E-state index contributed by atoms with van der Waals surface area (Å²) in [5, 5.41) is 0. The average Bonchev–Trinajstić information content (AvgIpc) is 2.15. The maximum absolute atomic E-state index is 12.2. The summed E-state index contributed by atoms with van der Waals surface area (Å²) in [6.45, 7) is 0. The molecule has 4 nitrogen and oxygen atoms in total. The van der Waals surface area contributed by atoms with Gasteiger partial charge in [0, 0.05) is 0 Å². The molecule has 0 N–H and O–H groups in total. The van der Waals surface area contributed by atoms with Gasteiger partial charge in [-0.2, -0.15) is 13.2 Å². The van der Waals surface area contributed by atoms with Gasteiger partial charge in [0.1, 0.15) is 17.4 Å². The fraction of sp³-hybridized carbons (Fsp3) is 0.125. The van der Waals surface area contributed by atoms with E-state index in [0.717, 1.165) is 18.5 Å². The van der Waals surface area contributed by atoms with Gasteiger partial charge in [-0.05, 0) is 6.07 Å². The molecule has 2 heterocycles. The van der Waals surface area contributed by atoms with Gasteiger partial charge in [0.15, 0.2) is 5.58 Å². The summed E-state index contributed by atoms with van der Waals surface area (Å²) in [7, 11) is 0. The molecule has 0 unspecified atom stereocenters. The van der Waals surface area contributed by atoms with Gasteiger partial charge >= 0.3 is 11.8 Å². The van der Waals surface area contributed by atoms with Crippen LogP contribution in [0.3, 0.4) is 0 Å². The summed E-state index contributed by atoms with van der Waals surface area (Å²) >= 11 is 0. The van der Waals surface area contributed by atoms with Crippen molar-refractivity contribution in [3.8, 4) is 0 Å². The van der Waals surface area contributed by atoms with Crippen molar-refractivity contribution >= 4 is 11.1 Å². The Morgan fingerprint density at radius 2 is 1.93 bits per heavy atom. The molecular weight excluding hydrogens is 213 g/mol. The highest BCUT2D eigenvalue weighted by molar-refractivity contribution is 5.70. The van der Waals surface area contributed by atoms with Crippen LogP contribution in [0.2, 0.25) is 0 Å². The number of pyridine rings is 1. The molecule has 0 aliphatic heterocycles. The monoisotopic (exact) mass is 216 g/mol. The number of fused-ring (bicyclic) bond motifs is 1. The van der Waals surface area contributed by atoms with Crippen molar-refractivity contribution in [2.24, 2.45) is 0 Å². The predicted molar refractivity (Wildman–Crippen MR) is 43.1 cm³/mol. The van der Waals surface area contributed by atoms with Crippen molar-refractivity contribution in [3.05, 3.63) is 34.6 Å². The standard InChI is InChI=1S/C8H3F3N2O2/c9-8(10,11)6-1-4-5(2-13-6)15-7(14)3-12-4/h1-3H. The lowest BCUT2D eigenvalue weighted by Crippen LogP contribution is -2.08. The number of halogens is 3. The van der Waals surface area contributed by atoms with Crippen molar-refractivity contribution in [2.45, 2.75) is 6.18 Å². The van der Waals surface area contributed by atoms with Gasteiger partial charge < -0.3 is 4.42 Å². The van der Waals surface area contributed by atoms with E-state index < -0.39 is 17.5 Å². The molecule has 0 fully saturated rings. The highest BCUT2D eigenvalue weighted by Gasteiger charge is 2.32. The van der Waals surface area contributed by atoms with E-state index in [2.05, 4.69) is 14.4 Å². The minimum atomic E-state index is -4.54. The van der Waals surface area contributed by atoms with Crippen LogP contribution < -0.4 is 5.63 Å². The molecule has 0 saturated heterocycles. The minimum absolute atomic E-state index is 0.0584. The van der Waals surface area contributed by atoms with Crippen molar-refractivity contribution in [1.82, 2.24) is 9.97 Å². The first-order valence-corrected chi connectivity index (χ1v) is 3.80. The Balaban J connectivity index is 2.67. The van der Waals surface area contributed by atoms with Crippen molar-refractivity contribution < 1.29 is 17.6 Å². The first-order valence-electron chi connectivity index (χ1n) is 3.80. The lowest BCUT2D eigenvalue weighted by atomic mass is 10.3. The smallest absolute Gasteiger partial charge is 0.418 e. The topological polar surface area (TPSA) is 56.0 Å². The molecule has 0 amide bonds. The van der Waals surface area contributed by atoms with Crippen LogP contribution in [-0.4, -0.2) is 9.97 Å². The summed E-state index contributed by atoms with van der Waals surface area (Å²) in [6, 6.07) is 0.721. The summed E-state index contributed by atoms with van der Waals surface area (Å²) in [6.07, 6.45) is -2.90. The molecule has 0 atom stereocenters. The molecule has 0 aliphatic carbocycles. The summed E-state index contributed by atoms with van der Waals surface area (Å²) < 4.78 is 41.2. The molecule has 2 rings (SSSR count). The Kier molecular flexibility index (Phi) is 1.95. The van der Waals surface area contributed by atoms with E-state index in [1.165, 1.54) is 0 Å². The number of hydrogen-bond donors (Lipinski definition) is 0. The molecule has 2 aromatic rings. The molecule has 0 spiro atoms. The van der Waals surface area contributed by atoms with E-state index in [0.29, 0.717) is 0 Å². The van der Waals surface area contributed by atoms with Crippen molar-refractivity contribution in [2.75, 3.05) is 0 Å². The number of hydrogen-bond acceptors (Lipinski definition) is 4. The van der Waals surface area contributed by atoms with Crippen LogP contribution in [0, 0.1) is 0 Å². The lowest BCUT2D eigenvalue weighted by molar-refractivity contribution is -0.141. The first kappa shape index (κ1) is 9.63. The normalized spacial score (nSPS) is 11.9. The second kappa shape index (κ2) is 3.04. The van der Waals surface area contributed by atoms with Crippen LogP contribution >= 0.6 is 0 Å². The van der Waals surface area contributed by atoms with Crippen LogP contribution in [0.25, 0.3) is 11.1 Å². The summed E-state index contributed by atoms with van der Waals surface area (Å²) in [4.78, 5) is 17.3. The quantitative estimate of drug-likeness (QED) is 0.671. The molecule has 0 aromatic carbocycles. The maximum Gasteiger partial charge on any atom is 0.433 e. The Morgan fingerprint density at radius 3 is 2.60 bits per heavy atom. The van der Waals surface area contributed by atoms with E-state index in [-0.39, 0.29) is 11.1 Å². The predicted octanol–water partition coefficient (Wildman–Crippen LogP) is 1.60. The van der Waals surface area contributed by atoms with Gasteiger partial charge in [-0.25, -0.2) is 14.8 Å². The van der Waals surface area contributed by atoms with E-state index in [1.54, 1.807) is 0 Å². The molecule has 15 heavy (non-hydrogen) atoms. The van der Waals surface area contributed by atoms with Crippen molar-refractivity contribution in [3.63, 3.8) is 0 Å². The number of aromatic nitrogens is 2. The Morgan fingerprint density at radius 1 is 1.20 bits per heavy atom. The highest BCUT2D eigenvalue weighted by atomic mass is 19.4. The molecule has 0 bridgehead atoms. The molecule has 0 aliphatic rings. The third-order valence-corrected chi connectivity index (χ3v) is 1.66. The first-order chi connectivity index (χ1) is 6.97. The average molecular weight is 216 g/mol. The van der Waals surface area contributed by atoms with E-state index in [9.17, 15) is 18.0 Å². The Hall–Kier alpha value is -1.92. The van der Waals surface area contributed by atoms with Crippen LogP contribution in [0.1, 0.15) is 5.69 Å². The number of alkyl halides is 3. The fourth-order valence-corrected chi connectivity index (χ4v) is 1.02. The zero-order valence-electron chi connectivity index (χ0n) is 7.08. The lowest BCUT2D eigenvalue weighted by Gasteiger charge is -2.04. The maximum atomic E-state index is 12.2. The third-order valence-electron chi connectivity index (χ3n) is 1.66. The molecule has 0 radical (unpaired) electrons. The second-order valence-corrected chi connectivity index (χ2v) is 2.71. The third kappa shape index (κ3) is 1.80. The minimum Gasteiger partial charge on any atom is -0.418 e. The Labute approximate surface area is 80.4 Å². The van der Waals surface area contributed by atoms with Gasteiger partial charge in [-0.1, -0.05) is 0 Å². The van der Waals surface area contributed by atoms with Crippen LogP contribution in [-0.2, 0) is 6.18 Å². The molecule has 2 aromatic heterocycles. The second-order valence-electron chi connectivity index (χ2n) is 2.71. The van der Waals surface area contributed by atoms with Gasteiger partial charge in [0.2, 0.25) is 0 Å². The fourth-order valence-electron chi connectivity index (χ4n) is 1.02. The summed E-state index contributed by atoms with van der Waals surface area (Å²) in [5.74, 6) is 0. The van der Waals surface area contributed by atoms with Crippen LogP contribution in [0.5, 0.6) is 0 Å². The van der Waals surface area contributed by atoms with Gasteiger partial charge in [-0.15, -0.1) is 0 Å². The van der Waals surface area contributed by atoms with Gasteiger partial charge in [0.25, 0.3) is 0 Å². The molecular formula is C8H3F3N2O2. The van der Waals surface area contributed by atoms with Gasteiger partial charge in [0.05, 0.1) is 6.20 Å². The van der Waals surface area contributed by atoms with Gasteiger partial charge in [-0.3, -0.25) is 0 Å². The summed E-state index contributed by atoms with van der Waals surface area (Å²) in [5.41, 5.74) is -1.94. The zero-order chi connectivity index (χ0) is 11.1. The highest BCUT2D eigenvalue weighted by Crippen LogP contribution is 2.28. The molecule has 7 heteroatoms. The molecule has 78 valence electrons. The van der Waals surface area contributed by atoms with Crippen LogP contribution in [0.15, 0.2) is 27.7 Å². The SMILES string of the molecule is O=c1cnc2cc(C(F)(F)F)ncc2o1. The van der Waals surface area contributed by atoms with E-state index in [1.807, 2.05) is 0 Å². The Bertz CT molecular complexity index is 562.